The fraction of sp³-hybridized carbons (Fsp3) is 1.00. The van der Waals surface area contributed by atoms with Crippen molar-refractivity contribution < 1.29 is 30.6 Å². The van der Waals surface area contributed by atoms with E-state index in [1.54, 1.807) is 9.24 Å². The van der Waals surface area contributed by atoms with Gasteiger partial charge < -0.3 is 30.6 Å². The average molecular weight is 212 g/mol. The molecule has 0 aromatic rings. The summed E-state index contributed by atoms with van der Waals surface area (Å²) >= 11 is 0. The van der Waals surface area contributed by atoms with Crippen LogP contribution in [0.15, 0.2) is 0 Å². The van der Waals surface area contributed by atoms with Crippen molar-refractivity contribution in [3.63, 3.8) is 0 Å². The molecule has 0 bridgehead atoms. The molecular formula is C6H13O6P. The third-order valence-electron chi connectivity index (χ3n) is 2.29. The Balaban J connectivity index is 2.93. The number of hydrogen-bond acceptors (Lipinski definition) is 6. The van der Waals surface area contributed by atoms with Gasteiger partial charge in [0.05, 0.1) is 0 Å². The number of aliphatic hydroxyl groups excluding tert-OH is 5. The van der Waals surface area contributed by atoms with Crippen LogP contribution in [0.25, 0.3) is 0 Å². The normalized spacial score (nSPS) is 57.9. The molecule has 1 rings (SSSR count). The molecular weight excluding hydrogens is 199 g/mol. The van der Waals surface area contributed by atoms with E-state index in [4.69, 9.17) is 15.3 Å². The largest absolute Gasteiger partial charge is 0.387 e. The Morgan fingerprint density at radius 2 is 1.08 bits per heavy atom. The molecule has 1 saturated carbocycles. The van der Waals surface area contributed by atoms with Gasteiger partial charge in [0.25, 0.3) is 0 Å². The molecule has 3 unspecified atom stereocenters. The fourth-order valence-corrected chi connectivity index (χ4v) is 1.69. The van der Waals surface area contributed by atoms with Crippen molar-refractivity contribution in [2.75, 3.05) is 0 Å². The standard InChI is InChI=1S/C6H13O6P/c7-1-2(8)4(10)6(12,13)5(11)3(1)9/h1-5,7-12H,13H2/t1?,2-,3+,4-,5-,6?/m1/s1. The van der Waals surface area contributed by atoms with E-state index in [0.717, 1.165) is 0 Å². The molecule has 7 heteroatoms. The molecule has 6 N–H and O–H groups in total. The zero-order chi connectivity index (χ0) is 10.4. The van der Waals surface area contributed by atoms with Gasteiger partial charge in [-0.1, -0.05) is 9.24 Å². The lowest BCUT2D eigenvalue weighted by atomic mass is 9.84. The van der Waals surface area contributed by atoms with E-state index < -0.39 is 35.9 Å². The first-order valence-corrected chi connectivity index (χ1v) is 4.29. The minimum absolute atomic E-state index is 1.68. The Kier molecular flexibility index (Phi) is 2.95. The second kappa shape index (κ2) is 3.40. The monoisotopic (exact) mass is 212 g/mol. The summed E-state index contributed by atoms with van der Waals surface area (Å²) in [6.45, 7) is 0. The summed E-state index contributed by atoms with van der Waals surface area (Å²) in [4.78, 5) is 0. The Morgan fingerprint density at radius 3 is 1.38 bits per heavy atom. The van der Waals surface area contributed by atoms with Crippen molar-refractivity contribution in [3.8, 4) is 0 Å². The molecule has 0 heterocycles. The van der Waals surface area contributed by atoms with Crippen LogP contribution in [0.4, 0.5) is 0 Å². The highest BCUT2D eigenvalue weighted by molar-refractivity contribution is 7.18. The highest BCUT2D eigenvalue weighted by Crippen LogP contribution is 2.34. The van der Waals surface area contributed by atoms with Gasteiger partial charge in [0.2, 0.25) is 0 Å². The first-order chi connectivity index (χ1) is 5.80. The van der Waals surface area contributed by atoms with Crippen molar-refractivity contribution in [1.29, 1.82) is 0 Å². The minimum atomic E-state index is -2.11. The fourth-order valence-electron chi connectivity index (χ4n) is 1.30. The summed E-state index contributed by atoms with van der Waals surface area (Å²) < 4.78 is 0. The van der Waals surface area contributed by atoms with Gasteiger partial charge in [-0.2, -0.15) is 0 Å². The predicted molar refractivity (Wildman–Crippen MR) is 44.7 cm³/mol. The molecule has 0 saturated heterocycles. The van der Waals surface area contributed by atoms with Crippen LogP contribution < -0.4 is 0 Å². The molecule has 78 valence electrons. The van der Waals surface area contributed by atoms with Crippen molar-refractivity contribution in [2.24, 2.45) is 0 Å². The average Bonchev–Trinajstić information content (AvgIpc) is 2.09. The van der Waals surface area contributed by atoms with E-state index in [2.05, 4.69) is 0 Å². The van der Waals surface area contributed by atoms with Gasteiger partial charge in [0.1, 0.15) is 35.9 Å². The Bertz CT molecular complexity index is 180. The summed E-state index contributed by atoms with van der Waals surface area (Å²) in [5, 5.41) is 53.0. The lowest BCUT2D eigenvalue weighted by molar-refractivity contribution is -0.236. The number of rotatable bonds is 0. The molecule has 1 aliphatic carbocycles. The zero-order valence-electron chi connectivity index (χ0n) is 6.65. The molecule has 0 amide bonds. The van der Waals surface area contributed by atoms with E-state index in [1.165, 1.54) is 0 Å². The zero-order valence-corrected chi connectivity index (χ0v) is 7.80. The summed E-state index contributed by atoms with van der Waals surface area (Å²) in [5.41, 5.74) is 0. The van der Waals surface area contributed by atoms with Gasteiger partial charge in [0.15, 0.2) is 0 Å². The van der Waals surface area contributed by atoms with Crippen LogP contribution in [0.2, 0.25) is 0 Å². The first kappa shape index (κ1) is 11.3. The smallest absolute Gasteiger partial charge is 0.134 e. The van der Waals surface area contributed by atoms with Gasteiger partial charge in [-0.25, -0.2) is 0 Å². The van der Waals surface area contributed by atoms with Gasteiger partial charge in [-0.3, -0.25) is 0 Å². The van der Waals surface area contributed by atoms with Crippen LogP contribution in [0.3, 0.4) is 0 Å². The molecule has 0 aromatic heterocycles. The quantitative estimate of drug-likeness (QED) is 0.230. The summed E-state index contributed by atoms with van der Waals surface area (Å²) in [5.74, 6) is 0. The molecule has 0 spiro atoms. The van der Waals surface area contributed by atoms with E-state index >= 15 is 0 Å². The van der Waals surface area contributed by atoms with Gasteiger partial charge >= 0.3 is 0 Å². The summed E-state index contributed by atoms with van der Waals surface area (Å²) in [6.07, 6.45) is -8.52. The highest BCUT2D eigenvalue weighted by Gasteiger charge is 2.54. The Labute approximate surface area is 76.7 Å². The maximum Gasteiger partial charge on any atom is 0.134 e. The lowest BCUT2D eigenvalue weighted by Crippen LogP contribution is -2.68. The topological polar surface area (TPSA) is 121 Å². The van der Waals surface area contributed by atoms with Crippen LogP contribution >= 0.6 is 9.24 Å². The second-order valence-corrected chi connectivity index (χ2v) is 4.17. The maximum absolute atomic E-state index is 9.40. The first-order valence-electron chi connectivity index (χ1n) is 3.71. The summed E-state index contributed by atoms with van der Waals surface area (Å²) in [7, 11) is 1.73. The van der Waals surface area contributed by atoms with Crippen LogP contribution in [-0.4, -0.2) is 66.5 Å². The van der Waals surface area contributed by atoms with Crippen molar-refractivity contribution >= 4 is 9.24 Å². The van der Waals surface area contributed by atoms with Crippen LogP contribution in [0.1, 0.15) is 0 Å². The van der Waals surface area contributed by atoms with E-state index in [9.17, 15) is 15.3 Å². The van der Waals surface area contributed by atoms with Gasteiger partial charge in [-0.15, -0.1) is 0 Å². The predicted octanol–water partition coefficient (Wildman–Crippen LogP) is -3.63. The van der Waals surface area contributed by atoms with Crippen molar-refractivity contribution in [1.82, 2.24) is 0 Å². The molecule has 0 aliphatic heterocycles. The second-order valence-electron chi connectivity index (χ2n) is 3.25. The molecule has 0 radical (unpaired) electrons. The van der Waals surface area contributed by atoms with E-state index in [-0.39, 0.29) is 0 Å². The van der Waals surface area contributed by atoms with Gasteiger partial charge in [-0.05, 0) is 0 Å². The van der Waals surface area contributed by atoms with Crippen LogP contribution in [-0.2, 0) is 0 Å². The molecule has 1 aliphatic rings. The maximum atomic E-state index is 9.40. The highest BCUT2D eigenvalue weighted by atomic mass is 31.0. The van der Waals surface area contributed by atoms with E-state index in [1.807, 2.05) is 0 Å². The number of hydrogen-bond donors (Lipinski definition) is 6. The number of aliphatic hydroxyl groups is 6. The third kappa shape index (κ3) is 1.59. The van der Waals surface area contributed by atoms with Crippen LogP contribution in [0, 0.1) is 0 Å². The van der Waals surface area contributed by atoms with Crippen molar-refractivity contribution in [3.05, 3.63) is 0 Å². The summed E-state index contributed by atoms with van der Waals surface area (Å²) in [6, 6.07) is 0. The van der Waals surface area contributed by atoms with Crippen LogP contribution in [0.5, 0.6) is 0 Å². The minimum Gasteiger partial charge on any atom is -0.387 e. The molecule has 6 nitrogen and oxygen atoms in total. The molecule has 1 fully saturated rings. The molecule has 0 aromatic carbocycles. The Hall–Kier alpha value is 0.190. The molecule has 13 heavy (non-hydrogen) atoms. The van der Waals surface area contributed by atoms with Gasteiger partial charge in [0, 0.05) is 0 Å². The Morgan fingerprint density at radius 1 is 0.769 bits per heavy atom. The van der Waals surface area contributed by atoms with E-state index in [0.29, 0.717) is 0 Å². The lowest BCUT2D eigenvalue weighted by Gasteiger charge is -2.45. The SMILES string of the molecule is OC1[C@@H](O)[C@@H](O)C(O)(P)[C@H](O)[C@H]1O. The molecule has 7 atom stereocenters. The third-order valence-corrected chi connectivity index (χ3v) is 2.98. The van der Waals surface area contributed by atoms with Crippen molar-refractivity contribution in [2.45, 2.75) is 35.9 Å².